The van der Waals surface area contributed by atoms with Gasteiger partial charge in [-0.1, -0.05) is 32.6 Å². The molecule has 0 radical (unpaired) electrons. The molecule has 0 aliphatic carbocycles. The highest BCUT2D eigenvalue weighted by Gasteiger charge is 2.17. The van der Waals surface area contributed by atoms with Gasteiger partial charge < -0.3 is 15.7 Å². The average molecular weight is 254 g/mol. The van der Waals surface area contributed by atoms with Crippen LogP contribution >= 0.6 is 0 Å². The van der Waals surface area contributed by atoms with E-state index in [0.717, 1.165) is 12.8 Å². The highest BCUT2D eigenvalue weighted by molar-refractivity contribution is 5.76. The number of amides is 2. The van der Waals surface area contributed by atoms with Crippen LogP contribution in [0.15, 0.2) is 0 Å². The summed E-state index contributed by atoms with van der Waals surface area (Å²) in [6.07, 6.45) is 8.17. The molecule has 2 amide bonds. The molecule has 0 saturated heterocycles. The third-order valence-corrected chi connectivity index (χ3v) is 2.58. The van der Waals surface area contributed by atoms with Crippen LogP contribution in [0.25, 0.3) is 0 Å². The third kappa shape index (κ3) is 6.79. The molecule has 0 saturated carbocycles. The molecular formula is C13H22N2O3. The number of hydrogen-bond acceptors (Lipinski definition) is 2. The number of urea groups is 1. The van der Waals surface area contributed by atoms with Crippen molar-refractivity contribution in [3.8, 4) is 12.3 Å². The Labute approximate surface area is 108 Å². The molecule has 5 heteroatoms. The maximum absolute atomic E-state index is 11.5. The summed E-state index contributed by atoms with van der Waals surface area (Å²) in [5, 5.41) is 14.1. The van der Waals surface area contributed by atoms with Gasteiger partial charge in [0.2, 0.25) is 0 Å². The lowest BCUT2D eigenvalue weighted by Gasteiger charge is -2.15. The Bertz CT molecular complexity index is 310. The second-order valence-electron chi connectivity index (χ2n) is 4.19. The van der Waals surface area contributed by atoms with Crippen LogP contribution in [0.1, 0.15) is 39.5 Å². The van der Waals surface area contributed by atoms with Gasteiger partial charge in [0, 0.05) is 6.54 Å². The molecule has 2 atom stereocenters. The minimum absolute atomic E-state index is 0.123. The van der Waals surface area contributed by atoms with Crippen molar-refractivity contribution in [3.63, 3.8) is 0 Å². The van der Waals surface area contributed by atoms with E-state index in [0.29, 0.717) is 12.8 Å². The molecule has 2 unspecified atom stereocenters. The fourth-order valence-corrected chi connectivity index (χ4v) is 1.57. The van der Waals surface area contributed by atoms with E-state index in [1.165, 1.54) is 0 Å². The van der Waals surface area contributed by atoms with E-state index in [4.69, 9.17) is 11.5 Å². The van der Waals surface area contributed by atoms with Crippen LogP contribution in [0.5, 0.6) is 0 Å². The van der Waals surface area contributed by atoms with Gasteiger partial charge in [0.1, 0.15) is 0 Å². The lowest BCUT2D eigenvalue weighted by atomic mass is 10.0. The Morgan fingerprint density at radius 3 is 2.33 bits per heavy atom. The lowest BCUT2D eigenvalue weighted by molar-refractivity contribution is -0.141. The van der Waals surface area contributed by atoms with E-state index in [1.54, 1.807) is 0 Å². The summed E-state index contributed by atoms with van der Waals surface area (Å²) in [7, 11) is 0. The molecule has 0 rings (SSSR count). The Kier molecular flexibility index (Phi) is 8.46. The zero-order chi connectivity index (χ0) is 14.0. The van der Waals surface area contributed by atoms with Crippen molar-refractivity contribution < 1.29 is 14.7 Å². The average Bonchev–Trinajstić information content (AvgIpc) is 2.33. The fourth-order valence-electron chi connectivity index (χ4n) is 1.57. The molecule has 0 spiro atoms. The smallest absolute Gasteiger partial charge is 0.315 e. The monoisotopic (exact) mass is 254 g/mol. The zero-order valence-electron chi connectivity index (χ0n) is 11.0. The standard InChI is InChI=1S/C13H22N2O3/c1-4-7-10(12(16)17)9-14-13(18)15-11(6-3)8-5-2/h3,10-11H,4-5,7-9H2,1-2H3,(H,16,17)(H2,14,15,18). The fraction of sp³-hybridized carbons (Fsp3) is 0.692. The first-order valence-electron chi connectivity index (χ1n) is 6.28. The molecule has 0 aromatic heterocycles. The van der Waals surface area contributed by atoms with Gasteiger partial charge in [0.25, 0.3) is 0 Å². The topological polar surface area (TPSA) is 78.4 Å². The van der Waals surface area contributed by atoms with Crippen molar-refractivity contribution in [2.75, 3.05) is 6.54 Å². The maximum atomic E-state index is 11.5. The van der Waals surface area contributed by atoms with Crippen molar-refractivity contribution >= 4 is 12.0 Å². The van der Waals surface area contributed by atoms with Crippen LogP contribution in [0, 0.1) is 18.3 Å². The molecule has 5 nitrogen and oxygen atoms in total. The predicted octanol–water partition coefficient (Wildman–Crippen LogP) is 1.59. The number of aliphatic carboxylic acids is 1. The summed E-state index contributed by atoms with van der Waals surface area (Å²) in [4.78, 5) is 22.4. The van der Waals surface area contributed by atoms with Crippen LogP contribution in [-0.2, 0) is 4.79 Å². The van der Waals surface area contributed by atoms with Gasteiger partial charge in [-0.05, 0) is 12.8 Å². The SMILES string of the molecule is C#CC(CCC)NC(=O)NCC(CCC)C(=O)O. The van der Waals surface area contributed by atoms with Gasteiger partial charge in [0.05, 0.1) is 12.0 Å². The van der Waals surface area contributed by atoms with E-state index in [-0.39, 0.29) is 12.6 Å². The number of terminal acetylenes is 1. The first-order valence-corrected chi connectivity index (χ1v) is 6.28. The number of carbonyl (C=O) groups excluding carboxylic acids is 1. The normalized spacial score (nSPS) is 13.2. The van der Waals surface area contributed by atoms with Crippen LogP contribution in [0.3, 0.4) is 0 Å². The Hall–Kier alpha value is -1.70. The summed E-state index contributed by atoms with van der Waals surface area (Å²) in [6.45, 7) is 4.01. The lowest BCUT2D eigenvalue weighted by Crippen LogP contribution is -2.44. The van der Waals surface area contributed by atoms with Crippen molar-refractivity contribution in [2.45, 2.75) is 45.6 Å². The zero-order valence-corrected chi connectivity index (χ0v) is 11.0. The second-order valence-corrected chi connectivity index (χ2v) is 4.19. The first kappa shape index (κ1) is 16.3. The second kappa shape index (κ2) is 9.34. The molecule has 102 valence electrons. The Morgan fingerprint density at radius 2 is 1.89 bits per heavy atom. The maximum Gasteiger partial charge on any atom is 0.315 e. The van der Waals surface area contributed by atoms with Crippen molar-refractivity contribution in [2.24, 2.45) is 5.92 Å². The van der Waals surface area contributed by atoms with Crippen LogP contribution in [0.2, 0.25) is 0 Å². The molecule has 0 bridgehead atoms. The van der Waals surface area contributed by atoms with Crippen LogP contribution < -0.4 is 10.6 Å². The third-order valence-electron chi connectivity index (χ3n) is 2.58. The largest absolute Gasteiger partial charge is 0.481 e. The molecule has 0 aliphatic rings. The minimum atomic E-state index is -0.890. The van der Waals surface area contributed by atoms with Gasteiger partial charge in [-0.3, -0.25) is 4.79 Å². The summed E-state index contributed by atoms with van der Waals surface area (Å²) in [6, 6.07) is -0.710. The molecule has 0 heterocycles. The molecule has 0 aromatic rings. The van der Waals surface area contributed by atoms with Crippen molar-refractivity contribution in [3.05, 3.63) is 0 Å². The van der Waals surface area contributed by atoms with E-state index >= 15 is 0 Å². The van der Waals surface area contributed by atoms with E-state index in [2.05, 4.69) is 16.6 Å². The quantitative estimate of drug-likeness (QED) is 0.575. The van der Waals surface area contributed by atoms with Gasteiger partial charge in [0.15, 0.2) is 0 Å². The van der Waals surface area contributed by atoms with Crippen LogP contribution in [-0.4, -0.2) is 29.7 Å². The number of hydrogen-bond donors (Lipinski definition) is 3. The van der Waals surface area contributed by atoms with Crippen molar-refractivity contribution in [1.82, 2.24) is 10.6 Å². The highest BCUT2D eigenvalue weighted by atomic mass is 16.4. The van der Waals surface area contributed by atoms with Gasteiger partial charge in [-0.25, -0.2) is 4.79 Å². The summed E-state index contributed by atoms with van der Waals surface area (Å²) >= 11 is 0. The van der Waals surface area contributed by atoms with Gasteiger partial charge >= 0.3 is 12.0 Å². The Morgan fingerprint density at radius 1 is 1.28 bits per heavy atom. The molecule has 3 N–H and O–H groups in total. The number of carboxylic acid groups (broad SMARTS) is 1. The van der Waals surface area contributed by atoms with Crippen molar-refractivity contribution in [1.29, 1.82) is 0 Å². The molecule has 18 heavy (non-hydrogen) atoms. The summed E-state index contributed by atoms with van der Waals surface area (Å²) in [5.74, 6) is 1.05. The van der Waals surface area contributed by atoms with Crippen LogP contribution in [0.4, 0.5) is 4.79 Å². The molecular weight excluding hydrogens is 232 g/mol. The first-order chi connectivity index (χ1) is 8.54. The Balaban J connectivity index is 4.08. The number of nitrogens with one attached hydrogen (secondary N) is 2. The van der Waals surface area contributed by atoms with E-state index < -0.39 is 17.9 Å². The van der Waals surface area contributed by atoms with Gasteiger partial charge in [-0.2, -0.15) is 0 Å². The summed E-state index contributed by atoms with van der Waals surface area (Å²) in [5.41, 5.74) is 0. The van der Waals surface area contributed by atoms with E-state index in [9.17, 15) is 9.59 Å². The highest BCUT2D eigenvalue weighted by Crippen LogP contribution is 2.05. The van der Waals surface area contributed by atoms with E-state index in [1.807, 2.05) is 13.8 Å². The molecule has 0 aliphatic heterocycles. The predicted molar refractivity (Wildman–Crippen MR) is 70.1 cm³/mol. The minimum Gasteiger partial charge on any atom is -0.481 e. The summed E-state index contributed by atoms with van der Waals surface area (Å²) < 4.78 is 0. The molecule has 0 aromatic carbocycles. The molecule has 0 fully saturated rings. The number of rotatable bonds is 8. The van der Waals surface area contributed by atoms with Gasteiger partial charge in [-0.15, -0.1) is 6.42 Å². The number of carbonyl (C=O) groups is 2. The number of carboxylic acids is 1.